The molecule has 2 aromatic rings. The lowest BCUT2D eigenvalue weighted by atomic mass is 9.87. The van der Waals surface area contributed by atoms with Crippen molar-refractivity contribution in [1.82, 2.24) is 0 Å². The van der Waals surface area contributed by atoms with Crippen molar-refractivity contribution < 1.29 is 13.9 Å². The summed E-state index contributed by atoms with van der Waals surface area (Å²) in [7, 11) is 0. The molecule has 0 aliphatic heterocycles. The number of halogens is 1. The second kappa shape index (κ2) is 6.75. The van der Waals surface area contributed by atoms with Crippen molar-refractivity contribution in [1.29, 1.82) is 0 Å². The summed E-state index contributed by atoms with van der Waals surface area (Å²) in [5.41, 5.74) is 9.28. The molecule has 138 valence electrons. The molecule has 0 aromatic heterocycles. The monoisotopic (exact) mass is 355 g/mol. The summed E-state index contributed by atoms with van der Waals surface area (Å²) in [5.74, 6) is 0.240. The van der Waals surface area contributed by atoms with Gasteiger partial charge in [0.15, 0.2) is 0 Å². The summed E-state index contributed by atoms with van der Waals surface area (Å²) in [6.45, 7) is 8.34. The van der Waals surface area contributed by atoms with Gasteiger partial charge in [-0.25, -0.2) is 9.18 Å². The standard InChI is InChI=1S/C22H26FNO2/c1-13(2)8-14-6-5-7-15(9-14)17-10-16-12-22(3,4)20(26-21(24)25)18(16)11-19(17)23/h5-7,9-11,13,20H,8,12H2,1-4H3,(H2,24,25). The highest BCUT2D eigenvalue weighted by molar-refractivity contribution is 5.68. The SMILES string of the molecule is CC(C)Cc1cccc(-c2cc3c(cc2F)C(OC(N)=O)C(C)(C)C3)c1. The lowest BCUT2D eigenvalue weighted by molar-refractivity contribution is 0.0391. The molecule has 0 bridgehead atoms. The Kier molecular flexibility index (Phi) is 4.78. The van der Waals surface area contributed by atoms with Crippen molar-refractivity contribution in [3.63, 3.8) is 0 Å². The van der Waals surface area contributed by atoms with Gasteiger partial charge in [0, 0.05) is 11.0 Å². The highest BCUT2D eigenvalue weighted by Gasteiger charge is 2.42. The van der Waals surface area contributed by atoms with Crippen LogP contribution < -0.4 is 5.73 Å². The van der Waals surface area contributed by atoms with Gasteiger partial charge in [-0.2, -0.15) is 0 Å². The molecule has 3 nitrogen and oxygen atoms in total. The predicted octanol–water partition coefficient (Wildman–Crippen LogP) is 5.41. The minimum absolute atomic E-state index is 0.304. The van der Waals surface area contributed by atoms with Crippen LogP contribution in [-0.4, -0.2) is 6.09 Å². The molecule has 1 amide bonds. The molecular formula is C22H26FNO2. The molecule has 1 aliphatic rings. The van der Waals surface area contributed by atoms with Gasteiger partial charge in [0.25, 0.3) is 0 Å². The number of rotatable bonds is 4. The molecule has 2 aromatic carbocycles. The molecule has 0 radical (unpaired) electrons. The average molecular weight is 355 g/mol. The van der Waals surface area contributed by atoms with E-state index in [1.54, 1.807) is 0 Å². The van der Waals surface area contributed by atoms with Gasteiger partial charge in [-0.1, -0.05) is 52.0 Å². The summed E-state index contributed by atoms with van der Waals surface area (Å²) < 4.78 is 20.2. The number of nitrogens with two attached hydrogens (primary N) is 1. The Morgan fingerprint density at radius 1 is 1.31 bits per heavy atom. The lowest BCUT2D eigenvalue weighted by Crippen LogP contribution is -2.25. The van der Waals surface area contributed by atoms with Crippen LogP contribution in [0.15, 0.2) is 36.4 Å². The number of hydrogen-bond donors (Lipinski definition) is 1. The van der Waals surface area contributed by atoms with E-state index in [1.807, 2.05) is 32.0 Å². The van der Waals surface area contributed by atoms with Crippen molar-refractivity contribution in [2.45, 2.75) is 46.6 Å². The fourth-order valence-corrected chi connectivity index (χ4v) is 3.93. The van der Waals surface area contributed by atoms with Gasteiger partial charge in [0.2, 0.25) is 0 Å². The fourth-order valence-electron chi connectivity index (χ4n) is 3.93. The van der Waals surface area contributed by atoms with Crippen molar-refractivity contribution in [2.75, 3.05) is 0 Å². The Morgan fingerprint density at radius 3 is 2.69 bits per heavy atom. The van der Waals surface area contributed by atoms with Crippen LogP contribution in [0.5, 0.6) is 0 Å². The maximum absolute atomic E-state index is 14.9. The number of hydrogen-bond acceptors (Lipinski definition) is 2. The second-order valence-corrected chi connectivity index (χ2v) is 8.31. The molecule has 0 spiro atoms. The number of carbonyl (C=O) groups is 1. The highest BCUT2D eigenvalue weighted by atomic mass is 19.1. The molecule has 0 saturated heterocycles. The molecule has 0 saturated carbocycles. The maximum atomic E-state index is 14.9. The first kappa shape index (κ1) is 18.4. The maximum Gasteiger partial charge on any atom is 0.405 e. The Hall–Kier alpha value is -2.36. The summed E-state index contributed by atoms with van der Waals surface area (Å²) >= 11 is 0. The number of fused-ring (bicyclic) bond motifs is 1. The van der Waals surface area contributed by atoms with Crippen LogP contribution in [0.25, 0.3) is 11.1 Å². The van der Waals surface area contributed by atoms with Gasteiger partial charge >= 0.3 is 6.09 Å². The molecule has 1 aliphatic carbocycles. The van der Waals surface area contributed by atoms with Gasteiger partial charge in [-0.3, -0.25) is 0 Å². The van der Waals surface area contributed by atoms with Crippen LogP contribution in [0, 0.1) is 17.2 Å². The molecule has 2 N–H and O–H groups in total. The fraction of sp³-hybridized carbons (Fsp3) is 0.409. The van der Waals surface area contributed by atoms with Crippen molar-refractivity contribution in [2.24, 2.45) is 17.1 Å². The number of benzene rings is 2. The Morgan fingerprint density at radius 2 is 2.04 bits per heavy atom. The van der Waals surface area contributed by atoms with Gasteiger partial charge in [0.05, 0.1) is 0 Å². The Labute approximate surface area is 154 Å². The van der Waals surface area contributed by atoms with E-state index in [2.05, 4.69) is 26.0 Å². The number of carbonyl (C=O) groups excluding carboxylic acids is 1. The van der Waals surface area contributed by atoms with Crippen molar-refractivity contribution >= 4 is 6.09 Å². The van der Waals surface area contributed by atoms with E-state index in [0.29, 0.717) is 23.5 Å². The lowest BCUT2D eigenvalue weighted by Gasteiger charge is -2.26. The van der Waals surface area contributed by atoms with Crippen molar-refractivity contribution in [3.05, 3.63) is 58.9 Å². The third-order valence-electron chi connectivity index (χ3n) is 4.98. The zero-order valence-electron chi connectivity index (χ0n) is 15.8. The van der Waals surface area contributed by atoms with Crippen LogP contribution in [0.3, 0.4) is 0 Å². The van der Waals surface area contributed by atoms with Crippen LogP contribution in [0.2, 0.25) is 0 Å². The second-order valence-electron chi connectivity index (χ2n) is 8.31. The minimum Gasteiger partial charge on any atom is -0.441 e. The Balaban J connectivity index is 2.02. The molecule has 3 rings (SSSR count). The van der Waals surface area contributed by atoms with Crippen LogP contribution in [0.1, 0.15) is 50.5 Å². The molecule has 1 unspecified atom stereocenters. The third-order valence-corrected chi connectivity index (χ3v) is 4.98. The largest absolute Gasteiger partial charge is 0.441 e. The number of amides is 1. The van der Waals surface area contributed by atoms with E-state index < -0.39 is 12.2 Å². The molecule has 4 heteroatoms. The molecule has 26 heavy (non-hydrogen) atoms. The first-order valence-corrected chi connectivity index (χ1v) is 9.05. The van der Waals surface area contributed by atoms with E-state index in [0.717, 1.165) is 17.5 Å². The summed E-state index contributed by atoms with van der Waals surface area (Å²) in [6, 6.07) is 11.4. The third kappa shape index (κ3) is 3.59. The zero-order chi connectivity index (χ0) is 19.1. The molecule has 1 atom stereocenters. The summed E-state index contributed by atoms with van der Waals surface area (Å²) in [5, 5.41) is 0. The van der Waals surface area contributed by atoms with Crippen LogP contribution in [-0.2, 0) is 17.6 Å². The van der Waals surface area contributed by atoms with Gasteiger partial charge in [-0.15, -0.1) is 0 Å². The number of primary amides is 1. The number of ether oxygens (including phenoxy) is 1. The van der Waals surface area contributed by atoms with Crippen LogP contribution >= 0.6 is 0 Å². The van der Waals surface area contributed by atoms with Gasteiger partial charge < -0.3 is 10.5 Å². The van der Waals surface area contributed by atoms with E-state index >= 15 is 0 Å². The predicted molar refractivity (Wildman–Crippen MR) is 101 cm³/mol. The molecule has 0 fully saturated rings. The van der Waals surface area contributed by atoms with Gasteiger partial charge in [-0.05, 0) is 53.1 Å². The Bertz CT molecular complexity index is 842. The van der Waals surface area contributed by atoms with Crippen LogP contribution in [0.4, 0.5) is 9.18 Å². The van der Waals surface area contributed by atoms with Gasteiger partial charge in [0.1, 0.15) is 11.9 Å². The average Bonchev–Trinajstić information content (AvgIpc) is 2.76. The summed E-state index contributed by atoms with van der Waals surface area (Å²) in [4.78, 5) is 11.3. The minimum atomic E-state index is -0.832. The summed E-state index contributed by atoms with van der Waals surface area (Å²) in [6.07, 6.45) is 0.314. The molecular weight excluding hydrogens is 329 g/mol. The normalized spacial score (nSPS) is 18.0. The molecule has 0 heterocycles. The first-order valence-electron chi connectivity index (χ1n) is 9.05. The van der Waals surface area contributed by atoms with Crippen molar-refractivity contribution in [3.8, 4) is 11.1 Å². The first-order chi connectivity index (χ1) is 12.2. The highest BCUT2D eigenvalue weighted by Crippen LogP contribution is 2.48. The van der Waals surface area contributed by atoms with E-state index in [-0.39, 0.29) is 11.2 Å². The van der Waals surface area contributed by atoms with E-state index in [9.17, 15) is 9.18 Å². The quantitative estimate of drug-likeness (QED) is 0.797. The van der Waals surface area contributed by atoms with E-state index in [1.165, 1.54) is 11.6 Å². The topological polar surface area (TPSA) is 52.3 Å². The zero-order valence-corrected chi connectivity index (χ0v) is 15.8. The smallest absolute Gasteiger partial charge is 0.405 e. The van der Waals surface area contributed by atoms with E-state index in [4.69, 9.17) is 10.5 Å².